The number of nitrogens with zero attached hydrogens (tertiary/aromatic N) is 3. The second-order valence-corrected chi connectivity index (χ2v) is 11.6. The van der Waals surface area contributed by atoms with Crippen molar-refractivity contribution in [1.29, 1.82) is 0 Å². The van der Waals surface area contributed by atoms with E-state index in [-0.39, 0.29) is 0 Å². The highest BCUT2D eigenvalue weighted by Gasteiger charge is 2.25. The number of hydrogen-bond donors (Lipinski definition) is 1. The van der Waals surface area contributed by atoms with Crippen LogP contribution in [0.5, 0.6) is 0 Å². The molecular weight excluding hydrogens is 448 g/mol. The van der Waals surface area contributed by atoms with Gasteiger partial charge in [-0.3, -0.25) is 9.48 Å². The van der Waals surface area contributed by atoms with E-state index in [1.54, 1.807) is 11.3 Å². The highest BCUT2D eigenvalue weighted by Crippen LogP contribution is 2.42. The number of benzene rings is 1. The van der Waals surface area contributed by atoms with Gasteiger partial charge in [-0.05, 0) is 48.6 Å². The van der Waals surface area contributed by atoms with E-state index < -0.39 is 0 Å². The largest absolute Gasteiger partial charge is 0.312 e. The highest BCUT2D eigenvalue weighted by molar-refractivity contribution is 7.22. The van der Waals surface area contributed by atoms with Gasteiger partial charge >= 0.3 is 0 Å². The van der Waals surface area contributed by atoms with Crippen LogP contribution in [0.25, 0.3) is 31.9 Å². The number of aryl methyl sites for hydroxylation is 1. The molecule has 0 saturated heterocycles. The van der Waals surface area contributed by atoms with Crippen molar-refractivity contribution in [2.45, 2.75) is 52.5 Å². The molecule has 4 aromatic rings. The zero-order valence-corrected chi connectivity index (χ0v) is 21.1. The second-order valence-electron chi connectivity index (χ2n) is 9.33. The molecule has 1 aromatic carbocycles. The molecule has 0 bridgehead atoms. The van der Waals surface area contributed by atoms with Crippen LogP contribution in [-0.4, -0.2) is 27.1 Å². The Balaban J connectivity index is 1.48. The van der Waals surface area contributed by atoms with Crippen LogP contribution >= 0.6 is 22.7 Å². The maximum absolute atomic E-state index is 12.8. The van der Waals surface area contributed by atoms with Crippen LogP contribution in [0.4, 0.5) is 0 Å². The van der Waals surface area contributed by atoms with Gasteiger partial charge in [0.15, 0.2) is 0 Å². The van der Waals surface area contributed by atoms with Gasteiger partial charge in [0.05, 0.1) is 16.4 Å². The second kappa shape index (κ2) is 9.49. The first kappa shape index (κ1) is 22.4. The number of fused-ring (bicyclic) bond motifs is 2. The van der Waals surface area contributed by atoms with Crippen molar-refractivity contribution in [1.82, 2.24) is 20.1 Å². The molecule has 0 radical (unpaired) electrons. The number of ketones is 1. The number of aromatic nitrogens is 3. The highest BCUT2D eigenvalue weighted by atomic mass is 32.1. The van der Waals surface area contributed by atoms with E-state index in [4.69, 9.17) is 4.98 Å². The lowest BCUT2D eigenvalue weighted by molar-refractivity contribution is -0.118. The molecule has 5 rings (SSSR count). The molecule has 0 amide bonds. The molecule has 1 aliphatic rings. The number of carbonyl (C=O) groups excluding carboxylic acids is 1. The van der Waals surface area contributed by atoms with Gasteiger partial charge in [0.2, 0.25) is 0 Å². The Kier molecular flexibility index (Phi) is 6.45. The molecule has 0 unspecified atom stereocenters. The monoisotopic (exact) mass is 478 g/mol. The fraction of sp³-hybridized carbons (Fsp3) is 0.423. The molecule has 7 heteroatoms. The lowest BCUT2D eigenvalue weighted by Gasteiger charge is -2.13. The van der Waals surface area contributed by atoms with Crippen molar-refractivity contribution in [2.24, 2.45) is 13.0 Å². The molecule has 4 heterocycles. The molecule has 0 spiro atoms. The molecular formula is C26H30N4OS2. The van der Waals surface area contributed by atoms with Crippen molar-refractivity contribution in [3.05, 3.63) is 45.9 Å². The molecule has 1 N–H and O–H groups in total. The summed E-state index contributed by atoms with van der Waals surface area (Å²) in [5, 5.41) is 8.84. The normalized spacial score (nSPS) is 13.7. The number of thiazole rings is 1. The van der Waals surface area contributed by atoms with Crippen molar-refractivity contribution in [2.75, 3.05) is 6.54 Å². The van der Waals surface area contributed by atoms with Crippen molar-refractivity contribution in [3.63, 3.8) is 0 Å². The van der Waals surface area contributed by atoms with Gasteiger partial charge in [0.1, 0.15) is 10.8 Å². The number of nitrogens with one attached hydrogen (secondary N) is 1. The summed E-state index contributed by atoms with van der Waals surface area (Å²) in [6.07, 6.45) is 8.21. The fourth-order valence-corrected chi connectivity index (χ4v) is 6.99. The third-order valence-corrected chi connectivity index (χ3v) is 8.52. The minimum absolute atomic E-state index is 0.350. The van der Waals surface area contributed by atoms with E-state index >= 15 is 0 Å². The Hall–Kier alpha value is -2.35. The molecule has 33 heavy (non-hydrogen) atoms. The minimum Gasteiger partial charge on any atom is -0.312 e. The first-order chi connectivity index (χ1) is 16.0. The summed E-state index contributed by atoms with van der Waals surface area (Å²) in [4.78, 5) is 20.5. The van der Waals surface area contributed by atoms with Gasteiger partial charge in [-0.25, -0.2) is 4.98 Å². The van der Waals surface area contributed by atoms with Gasteiger partial charge in [-0.2, -0.15) is 5.10 Å². The lowest BCUT2D eigenvalue weighted by Crippen LogP contribution is -2.22. The van der Waals surface area contributed by atoms with Crippen molar-refractivity contribution < 1.29 is 4.79 Å². The van der Waals surface area contributed by atoms with Crippen LogP contribution in [0, 0.1) is 5.92 Å². The summed E-state index contributed by atoms with van der Waals surface area (Å²) in [6.45, 7) is 6.31. The average molecular weight is 479 g/mol. The van der Waals surface area contributed by atoms with E-state index in [1.165, 1.54) is 25.6 Å². The summed E-state index contributed by atoms with van der Waals surface area (Å²) in [5.74, 6) is 0.997. The molecule has 0 fully saturated rings. The molecule has 3 aromatic heterocycles. The standard InChI is InChI=1S/C26H30N4OS2/c1-16(2)5-4-6-19(31)12-23-25(20-9-10-27-14-24(20)32-23)26-29-21-11-17(7-8-22(21)33-26)18-13-28-30(3)15-18/h7-8,11,13,15-16,27H,4-6,9-10,12,14H2,1-3H3. The smallest absolute Gasteiger partial charge is 0.138 e. The predicted molar refractivity (Wildman–Crippen MR) is 138 cm³/mol. The van der Waals surface area contributed by atoms with E-state index in [9.17, 15) is 4.79 Å². The van der Waals surface area contributed by atoms with Crippen molar-refractivity contribution >= 4 is 38.7 Å². The van der Waals surface area contributed by atoms with Gasteiger partial charge < -0.3 is 5.32 Å². The third-order valence-electron chi connectivity index (χ3n) is 6.24. The number of carbonyl (C=O) groups is 1. The van der Waals surface area contributed by atoms with Gasteiger partial charge in [0.25, 0.3) is 0 Å². The van der Waals surface area contributed by atoms with Crippen LogP contribution in [0.3, 0.4) is 0 Å². The van der Waals surface area contributed by atoms with Crippen LogP contribution in [-0.2, 0) is 31.2 Å². The Bertz CT molecular complexity index is 1300. The average Bonchev–Trinajstić information content (AvgIpc) is 3.48. The summed E-state index contributed by atoms with van der Waals surface area (Å²) >= 11 is 3.55. The summed E-state index contributed by atoms with van der Waals surface area (Å²) < 4.78 is 3.00. The summed E-state index contributed by atoms with van der Waals surface area (Å²) in [5.41, 5.74) is 5.87. The molecule has 1 aliphatic heterocycles. The van der Waals surface area contributed by atoms with Gasteiger partial charge in [-0.15, -0.1) is 22.7 Å². The van der Waals surface area contributed by atoms with Crippen LogP contribution in [0.1, 0.15) is 48.4 Å². The SMILES string of the molecule is CC(C)CCCC(=O)Cc1sc2c(c1-c1nc3cc(-c4cnn(C)c4)ccc3s1)CCNC2. The van der Waals surface area contributed by atoms with Gasteiger partial charge in [-0.1, -0.05) is 26.3 Å². The Labute approximate surface area is 202 Å². The first-order valence-corrected chi connectivity index (χ1v) is 13.4. The number of Topliss-reactive ketones (excluding diaryl/α,β-unsaturated/α-hetero) is 1. The van der Waals surface area contributed by atoms with E-state index in [0.717, 1.165) is 54.0 Å². The maximum Gasteiger partial charge on any atom is 0.138 e. The molecule has 0 atom stereocenters. The van der Waals surface area contributed by atoms with Crippen LogP contribution in [0.15, 0.2) is 30.6 Å². The molecule has 0 saturated carbocycles. The third kappa shape index (κ3) is 4.81. The van der Waals surface area contributed by atoms with E-state index in [1.807, 2.05) is 35.5 Å². The quantitative estimate of drug-likeness (QED) is 0.337. The number of rotatable bonds is 8. The minimum atomic E-state index is 0.350. The Morgan fingerprint density at radius 2 is 2.12 bits per heavy atom. The molecule has 172 valence electrons. The van der Waals surface area contributed by atoms with Crippen molar-refractivity contribution in [3.8, 4) is 21.7 Å². The zero-order valence-electron chi connectivity index (χ0n) is 19.5. The van der Waals surface area contributed by atoms with E-state index in [0.29, 0.717) is 24.5 Å². The van der Waals surface area contributed by atoms with Crippen LogP contribution < -0.4 is 5.32 Å². The maximum atomic E-state index is 12.8. The predicted octanol–water partition coefficient (Wildman–Crippen LogP) is 6.01. The summed E-state index contributed by atoms with van der Waals surface area (Å²) in [7, 11) is 1.93. The first-order valence-electron chi connectivity index (χ1n) is 11.7. The topological polar surface area (TPSA) is 59.8 Å². The zero-order chi connectivity index (χ0) is 22.9. The van der Waals surface area contributed by atoms with Crippen LogP contribution in [0.2, 0.25) is 0 Å². The number of thiophene rings is 1. The number of hydrogen-bond acceptors (Lipinski definition) is 6. The fourth-order valence-electron chi connectivity index (χ4n) is 4.52. The Morgan fingerprint density at radius 3 is 2.91 bits per heavy atom. The van der Waals surface area contributed by atoms with Gasteiger partial charge in [0, 0.05) is 53.5 Å². The van der Waals surface area contributed by atoms with E-state index in [2.05, 4.69) is 42.5 Å². The molecule has 0 aliphatic carbocycles. The Morgan fingerprint density at radius 1 is 1.24 bits per heavy atom. The lowest BCUT2D eigenvalue weighted by atomic mass is 9.99. The molecule has 5 nitrogen and oxygen atoms in total. The summed E-state index contributed by atoms with van der Waals surface area (Å²) in [6, 6.07) is 6.47.